The van der Waals surface area contributed by atoms with E-state index >= 15 is 0 Å². The summed E-state index contributed by atoms with van der Waals surface area (Å²) in [5, 5.41) is 4.22. The second kappa shape index (κ2) is 5.63. The van der Waals surface area contributed by atoms with Crippen molar-refractivity contribution in [3.05, 3.63) is 17.5 Å². The maximum atomic E-state index is 5.64. The summed E-state index contributed by atoms with van der Waals surface area (Å²) >= 11 is 0. The van der Waals surface area contributed by atoms with Crippen molar-refractivity contribution in [3.8, 4) is 0 Å². The Hall–Kier alpha value is -0.870. The van der Waals surface area contributed by atoms with Gasteiger partial charge in [-0.15, -0.1) is 0 Å². The van der Waals surface area contributed by atoms with Crippen molar-refractivity contribution >= 4 is 0 Å². The van der Waals surface area contributed by atoms with E-state index in [1.807, 2.05) is 0 Å². The first-order valence-electron chi connectivity index (χ1n) is 7.69. The molecule has 0 N–H and O–H groups in total. The van der Waals surface area contributed by atoms with Gasteiger partial charge in [0, 0.05) is 12.6 Å². The molecule has 1 aromatic heterocycles. The molecule has 4 heteroatoms. The third-order valence-corrected chi connectivity index (χ3v) is 4.57. The smallest absolute Gasteiger partial charge is 0.143 e. The Morgan fingerprint density at radius 1 is 1.32 bits per heavy atom. The maximum absolute atomic E-state index is 5.64. The van der Waals surface area contributed by atoms with Gasteiger partial charge in [0.1, 0.15) is 5.76 Å². The van der Waals surface area contributed by atoms with Gasteiger partial charge in [-0.3, -0.25) is 9.80 Å². The van der Waals surface area contributed by atoms with Gasteiger partial charge in [0.25, 0.3) is 0 Å². The quantitative estimate of drug-likeness (QED) is 0.835. The molecule has 3 heterocycles. The largest absolute Gasteiger partial charge is 0.361 e. The van der Waals surface area contributed by atoms with Crippen molar-refractivity contribution in [2.75, 3.05) is 26.7 Å². The van der Waals surface area contributed by atoms with Crippen LogP contribution in [0.15, 0.2) is 10.6 Å². The summed E-state index contributed by atoms with van der Waals surface area (Å²) in [4.78, 5) is 5.11. The Kier molecular flexibility index (Phi) is 3.89. The molecule has 106 valence electrons. The van der Waals surface area contributed by atoms with E-state index in [0.29, 0.717) is 12.1 Å². The van der Waals surface area contributed by atoms with Gasteiger partial charge >= 0.3 is 0 Å². The van der Waals surface area contributed by atoms with Crippen molar-refractivity contribution < 1.29 is 4.52 Å². The topological polar surface area (TPSA) is 32.5 Å². The van der Waals surface area contributed by atoms with Gasteiger partial charge in [-0.1, -0.05) is 18.5 Å². The van der Waals surface area contributed by atoms with Crippen molar-refractivity contribution in [1.29, 1.82) is 0 Å². The van der Waals surface area contributed by atoms with Crippen molar-refractivity contribution in [3.63, 3.8) is 0 Å². The number of nitrogens with zero attached hydrogens (tertiary/aromatic N) is 3. The fraction of sp³-hybridized carbons (Fsp3) is 0.800. The van der Waals surface area contributed by atoms with Crippen LogP contribution in [-0.2, 0) is 6.42 Å². The predicted molar refractivity (Wildman–Crippen MR) is 75.1 cm³/mol. The molecule has 19 heavy (non-hydrogen) atoms. The highest BCUT2D eigenvalue weighted by Crippen LogP contribution is 2.36. The average molecular weight is 263 g/mol. The predicted octanol–water partition coefficient (Wildman–Crippen LogP) is 2.47. The van der Waals surface area contributed by atoms with E-state index < -0.39 is 0 Å². The number of likely N-dealkylation sites (tertiary alicyclic amines) is 2. The van der Waals surface area contributed by atoms with E-state index in [2.05, 4.69) is 35.0 Å². The van der Waals surface area contributed by atoms with E-state index in [9.17, 15) is 0 Å². The minimum absolute atomic E-state index is 0.501. The van der Waals surface area contributed by atoms with Crippen LogP contribution >= 0.6 is 0 Å². The van der Waals surface area contributed by atoms with Crippen LogP contribution in [0.4, 0.5) is 0 Å². The molecule has 0 aliphatic carbocycles. The Labute approximate surface area is 115 Å². The SMILES string of the molecule is CCCc1cc(C2CCN(C)C2N2CCCC2)on1. The molecule has 0 bridgehead atoms. The summed E-state index contributed by atoms with van der Waals surface area (Å²) in [6.07, 6.45) is 6.55. The van der Waals surface area contributed by atoms with Crippen LogP contribution in [0.25, 0.3) is 0 Å². The zero-order valence-electron chi connectivity index (χ0n) is 12.1. The van der Waals surface area contributed by atoms with Crippen molar-refractivity contribution in [2.24, 2.45) is 0 Å². The molecule has 0 spiro atoms. The summed E-state index contributed by atoms with van der Waals surface area (Å²) in [5.74, 6) is 1.60. The molecule has 0 radical (unpaired) electrons. The van der Waals surface area contributed by atoms with E-state index in [4.69, 9.17) is 4.52 Å². The van der Waals surface area contributed by atoms with Crippen LogP contribution < -0.4 is 0 Å². The monoisotopic (exact) mass is 263 g/mol. The molecule has 2 unspecified atom stereocenters. The maximum Gasteiger partial charge on any atom is 0.143 e. The minimum atomic E-state index is 0.501. The van der Waals surface area contributed by atoms with Crippen LogP contribution in [-0.4, -0.2) is 47.8 Å². The van der Waals surface area contributed by atoms with E-state index in [-0.39, 0.29) is 0 Å². The second-order valence-electron chi connectivity index (χ2n) is 6.00. The number of aromatic nitrogens is 1. The normalized spacial score (nSPS) is 29.4. The molecule has 4 nitrogen and oxygen atoms in total. The Bertz CT molecular complexity index is 411. The lowest BCUT2D eigenvalue weighted by Crippen LogP contribution is -2.43. The fourth-order valence-corrected chi connectivity index (χ4v) is 3.64. The van der Waals surface area contributed by atoms with Gasteiger partial charge in [-0.05, 0) is 45.8 Å². The molecular weight excluding hydrogens is 238 g/mol. The van der Waals surface area contributed by atoms with Crippen molar-refractivity contribution in [2.45, 2.75) is 51.1 Å². The van der Waals surface area contributed by atoms with Gasteiger partial charge in [0.2, 0.25) is 0 Å². The van der Waals surface area contributed by atoms with E-state index in [1.165, 1.54) is 32.4 Å². The average Bonchev–Trinajstić information content (AvgIpc) is 3.08. The van der Waals surface area contributed by atoms with Gasteiger partial charge in [0.15, 0.2) is 0 Å². The second-order valence-corrected chi connectivity index (χ2v) is 6.00. The first-order chi connectivity index (χ1) is 9.29. The molecule has 2 atom stereocenters. The summed E-state index contributed by atoms with van der Waals surface area (Å²) in [6, 6.07) is 2.19. The van der Waals surface area contributed by atoms with Gasteiger partial charge in [-0.2, -0.15) is 0 Å². The molecule has 0 amide bonds. The molecule has 3 rings (SSSR count). The molecular formula is C15H25N3O. The molecule has 2 aliphatic heterocycles. The Morgan fingerprint density at radius 2 is 2.11 bits per heavy atom. The lowest BCUT2D eigenvalue weighted by molar-refractivity contribution is 0.0991. The summed E-state index contributed by atoms with van der Waals surface area (Å²) in [6.45, 7) is 5.82. The highest BCUT2D eigenvalue weighted by molar-refractivity contribution is 5.14. The minimum Gasteiger partial charge on any atom is -0.361 e. The summed E-state index contributed by atoms with van der Waals surface area (Å²) in [7, 11) is 2.24. The summed E-state index contributed by atoms with van der Waals surface area (Å²) in [5.41, 5.74) is 1.12. The molecule has 2 fully saturated rings. The Balaban J connectivity index is 1.77. The molecule has 0 saturated carbocycles. The number of rotatable bonds is 4. The van der Waals surface area contributed by atoms with Crippen LogP contribution in [0.3, 0.4) is 0 Å². The van der Waals surface area contributed by atoms with E-state index in [0.717, 1.165) is 30.8 Å². The standard InChI is InChI=1S/C15H25N3O/c1-3-6-12-11-14(19-16-12)13-7-10-17(2)15(13)18-8-4-5-9-18/h11,13,15H,3-10H2,1-2H3. The molecule has 1 aromatic rings. The highest BCUT2D eigenvalue weighted by Gasteiger charge is 2.39. The zero-order chi connectivity index (χ0) is 13.2. The van der Waals surface area contributed by atoms with Gasteiger partial charge in [0.05, 0.1) is 17.8 Å². The third kappa shape index (κ3) is 2.56. The molecule has 2 aliphatic rings. The first-order valence-corrected chi connectivity index (χ1v) is 7.69. The van der Waals surface area contributed by atoms with Crippen LogP contribution in [0.1, 0.15) is 50.0 Å². The van der Waals surface area contributed by atoms with Crippen LogP contribution in [0.2, 0.25) is 0 Å². The third-order valence-electron chi connectivity index (χ3n) is 4.57. The first kappa shape index (κ1) is 13.1. The van der Waals surface area contributed by atoms with Gasteiger partial charge < -0.3 is 4.52 Å². The Morgan fingerprint density at radius 3 is 2.84 bits per heavy atom. The van der Waals surface area contributed by atoms with E-state index in [1.54, 1.807) is 0 Å². The zero-order valence-corrected chi connectivity index (χ0v) is 12.1. The van der Waals surface area contributed by atoms with Crippen LogP contribution in [0.5, 0.6) is 0 Å². The molecule has 2 saturated heterocycles. The lowest BCUT2D eigenvalue weighted by atomic mass is 10.0. The van der Waals surface area contributed by atoms with Gasteiger partial charge in [-0.25, -0.2) is 0 Å². The molecule has 0 aromatic carbocycles. The van der Waals surface area contributed by atoms with Crippen molar-refractivity contribution in [1.82, 2.24) is 15.0 Å². The number of aryl methyl sites for hydroxylation is 1. The summed E-state index contributed by atoms with van der Waals surface area (Å²) < 4.78 is 5.64. The number of hydrogen-bond donors (Lipinski definition) is 0. The lowest BCUT2D eigenvalue weighted by Gasteiger charge is -2.32. The highest BCUT2D eigenvalue weighted by atomic mass is 16.5. The fourth-order valence-electron chi connectivity index (χ4n) is 3.64. The number of hydrogen-bond acceptors (Lipinski definition) is 4. The van der Waals surface area contributed by atoms with Crippen LogP contribution in [0, 0.1) is 0 Å². The number of likely N-dealkylation sites (N-methyl/N-ethyl adjacent to an activating group) is 1.